The molecule has 0 aliphatic rings. The average Bonchev–Trinajstić information content (AvgIpc) is 2.42. The van der Waals surface area contributed by atoms with Crippen LogP contribution in [-0.2, 0) is 23.9 Å². The summed E-state index contributed by atoms with van der Waals surface area (Å²) in [4.78, 5) is 33.2. The molecule has 0 fully saturated rings. The first kappa shape index (κ1) is 38.8. The highest BCUT2D eigenvalue weighted by atomic mass is 35.5. The molecule has 178 valence electrons. The fraction of sp³-hybridized carbons (Fsp3) is 0.864. The largest absolute Gasteiger partial charge is 0.469 e. The van der Waals surface area contributed by atoms with E-state index in [1.165, 1.54) is 7.11 Å². The minimum Gasteiger partial charge on any atom is -0.469 e. The lowest BCUT2D eigenvalue weighted by Gasteiger charge is -2.22. The number of esters is 2. The highest BCUT2D eigenvalue weighted by Crippen LogP contribution is 2.15. The molecule has 0 rings (SSSR count). The molecular weight excluding hydrogens is 415 g/mol. The van der Waals surface area contributed by atoms with E-state index in [9.17, 15) is 14.4 Å². The van der Waals surface area contributed by atoms with E-state index in [1.54, 1.807) is 20.8 Å². The Bertz CT molecular complexity index is 441. The Hall–Kier alpha value is -0.810. The molecule has 0 unspecified atom stereocenters. The lowest BCUT2D eigenvalue weighted by molar-refractivity contribution is -0.160. The molecule has 0 aromatic heterocycles. The van der Waals surface area contributed by atoms with E-state index in [1.807, 2.05) is 34.6 Å². The summed E-state index contributed by atoms with van der Waals surface area (Å²) in [5, 5.41) is 0. The number of ketones is 1. The van der Waals surface area contributed by atoms with Crippen LogP contribution in [-0.4, -0.2) is 30.4 Å². The fourth-order valence-electron chi connectivity index (χ4n) is 1.26. The second-order valence-electron chi connectivity index (χ2n) is 9.94. The standard InChI is InChI=1S/C12H22O3.C5H10O2.C5H12.2ClH/c1-8(2)10(13)7-9(3)11(14)15-12(4,5)6;1-4(2)5(6)7-3;1-5(2,3)4;;/h8-9H,7H2,1-6H3;4H,1-3H3;1-4H3;2*1H/t9-;;;;/m1..../s1. The van der Waals surface area contributed by atoms with Gasteiger partial charge in [-0.2, -0.15) is 0 Å². The van der Waals surface area contributed by atoms with Gasteiger partial charge in [-0.25, -0.2) is 0 Å². The van der Waals surface area contributed by atoms with E-state index < -0.39 is 5.60 Å². The first-order valence-electron chi connectivity index (χ1n) is 9.65. The number of carbonyl (C=O) groups is 3. The zero-order chi connectivity index (χ0) is 22.6. The third kappa shape index (κ3) is 35.0. The van der Waals surface area contributed by atoms with Crippen LogP contribution in [0.2, 0.25) is 0 Å². The van der Waals surface area contributed by atoms with Crippen molar-refractivity contribution in [2.75, 3.05) is 7.11 Å². The van der Waals surface area contributed by atoms with Crippen molar-refractivity contribution in [2.24, 2.45) is 23.2 Å². The number of halogens is 2. The number of rotatable bonds is 5. The molecule has 7 heteroatoms. The lowest BCUT2D eigenvalue weighted by atomic mass is 9.98. The molecule has 0 saturated carbocycles. The number of Topliss-reactive ketones (excluding diaryl/α,β-unsaturated/α-hetero) is 1. The van der Waals surface area contributed by atoms with Gasteiger partial charge in [0.1, 0.15) is 11.4 Å². The normalized spacial score (nSPS) is 11.4. The molecule has 0 radical (unpaired) electrons. The van der Waals surface area contributed by atoms with Crippen molar-refractivity contribution >= 4 is 42.5 Å². The lowest BCUT2D eigenvalue weighted by Crippen LogP contribution is -2.29. The zero-order valence-electron chi connectivity index (χ0n) is 20.8. The van der Waals surface area contributed by atoms with Crippen molar-refractivity contribution in [3.8, 4) is 0 Å². The third-order valence-electron chi connectivity index (χ3n) is 2.63. The van der Waals surface area contributed by atoms with Gasteiger partial charge in [0.05, 0.1) is 18.9 Å². The topological polar surface area (TPSA) is 69.7 Å². The minimum atomic E-state index is -0.480. The van der Waals surface area contributed by atoms with E-state index in [4.69, 9.17) is 4.74 Å². The Morgan fingerprint density at radius 1 is 0.724 bits per heavy atom. The predicted octanol–water partition coefficient (Wildman–Crippen LogP) is 6.29. The third-order valence-corrected chi connectivity index (χ3v) is 2.63. The van der Waals surface area contributed by atoms with Gasteiger partial charge in [-0.05, 0) is 26.2 Å². The van der Waals surface area contributed by atoms with Crippen LogP contribution in [0.25, 0.3) is 0 Å². The Morgan fingerprint density at radius 2 is 1.07 bits per heavy atom. The van der Waals surface area contributed by atoms with Gasteiger partial charge in [0.2, 0.25) is 0 Å². The van der Waals surface area contributed by atoms with Gasteiger partial charge in [-0.3, -0.25) is 14.4 Å². The van der Waals surface area contributed by atoms with Crippen molar-refractivity contribution in [1.29, 1.82) is 0 Å². The van der Waals surface area contributed by atoms with Crippen molar-refractivity contribution in [3.05, 3.63) is 0 Å². The monoisotopic (exact) mass is 460 g/mol. The molecule has 0 spiro atoms. The molecule has 1 atom stereocenters. The smallest absolute Gasteiger partial charge is 0.309 e. The molecule has 0 saturated heterocycles. The van der Waals surface area contributed by atoms with Crippen molar-refractivity contribution < 1.29 is 23.9 Å². The first-order chi connectivity index (χ1) is 11.8. The summed E-state index contributed by atoms with van der Waals surface area (Å²) in [6.07, 6.45) is 0.270. The maximum Gasteiger partial charge on any atom is 0.309 e. The van der Waals surface area contributed by atoms with Crippen molar-refractivity contribution in [1.82, 2.24) is 0 Å². The van der Waals surface area contributed by atoms with Crippen LogP contribution >= 0.6 is 24.8 Å². The summed E-state index contributed by atoms with van der Waals surface area (Å²) in [7, 11) is 1.39. The number of carbonyl (C=O) groups excluding carboxylic acids is 3. The van der Waals surface area contributed by atoms with Crippen molar-refractivity contribution in [3.63, 3.8) is 0 Å². The van der Waals surface area contributed by atoms with Gasteiger partial charge in [0.25, 0.3) is 0 Å². The van der Waals surface area contributed by atoms with Gasteiger partial charge in [0, 0.05) is 12.3 Å². The number of ether oxygens (including phenoxy) is 2. The highest BCUT2D eigenvalue weighted by molar-refractivity contribution is 5.86. The second-order valence-corrected chi connectivity index (χ2v) is 9.94. The molecule has 5 nitrogen and oxygen atoms in total. The summed E-state index contributed by atoms with van der Waals surface area (Å²) in [5.74, 6) is -0.705. The number of methoxy groups -OCH3 is 1. The SMILES string of the molecule is CC(C)(C)C.CC(C)C(=O)C[C@@H](C)C(=O)OC(C)(C)C.COC(=O)C(C)C.Cl.Cl. The maximum absolute atomic E-state index is 11.5. The van der Waals surface area contributed by atoms with E-state index in [0.717, 1.165) is 0 Å². The molecule has 0 amide bonds. The quantitative estimate of drug-likeness (QED) is 0.450. The zero-order valence-corrected chi connectivity index (χ0v) is 22.4. The molecule has 0 aromatic carbocycles. The Labute approximate surface area is 191 Å². The van der Waals surface area contributed by atoms with E-state index >= 15 is 0 Å². The fourth-order valence-corrected chi connectivity index (χ4v) is 1.26. The summed E-state index contributed by atoms with van der Waals surface area (Å²) in [6, 6.07) is 0. The van der Waals surface area contributed by atoms with Gasteiger partial charge < -0.3 is 9.47 Å². The Kier molecular flexibility index (Phi) is 24.1. The first-order valence-corrected chi connectivity index (χ1v) is 9.65. The summed E-state index contributed by atoms with van der Waals surface area (Å²) in [5.41, 5.74) is 0.0201. The molecule has 29 heavy (non-hydrogen) atoms. The molecule has 0 aliphatic heterocycles. The van der Waals surface area contributed by atoms with Crippen LogP contribution in [0, 0.1) is 23.2 Å². The van der Waals surface area contributed by atoms with Crippen LogP contribution in [0.3, 0.4) is 0 Å². The average molecular weight is 462 g/mol. The Morgan fingerprint density at radius 3 is 1.24 bits per heavy atom. The van der Waals surface area contributed by atoms with Crippen molar-refractivity contribution in [2.45, 2.75) is 95.1 Å². The molecule has 0 aromatic rings. The molecule has 0 bridgehead atoms. The number of hydrogen-bond acceptors (Lipinski definition) is 5. The van der Waals surface area contributed by atoms with Gasteiger partial charge in [-0.15, -0.1) is 24.8 Å². The summed E-state index contributed by atoms with van der Waals surface area (Å²) >= 11 is 0. The van der Waals surface area contributed by atoms with Crippen LogP contribution in [0.4, 0.5) is 0 Å². The van der Waals surface area contributed by atoms with Crippen LogP contribution < -0.4 is 0 Å². The minimum absolute atomic E-state index is 0. The maximum atomic E-state index is 11.5. The molecule has 0 heterocycles. The second kappa shape index (κ2) is 18.0. The van der Waals surface area contributed by atoms with Gasteiger partial charge >= 0.3 is 11.9 Å². The van der Waals surface area contributed by atoms with Gasteiger partial charge in [0.15, 0.2) is 0 Å². The van der Waals surface area contributed by atoms with Crippen LogP contribution in [0.1, 0.15) is 89.5 Å². The van der Waals surface area contributed by atoms with E-state index in [-0.39, 0.29) is 66.7 Å². The molecular formula is C22H46Cl2O5. The van der Waals surface area contributed by atoms with Gasteiger partial charge in [-0.1, -0.05) is 62.3 Å². The predicted molar refractivity (Wildman–Crippen MR) is 126 cm³/mol. The van der Waals surface area contributed by atoms with E-state index in [2.05, 4.69) is 32.4 Å². The molecule has 0 aliphatic carbocycles. The molecule has 0 N–H and O–H groups in total. The number of hydrogen-bond donors (Lipinski definition) is 0. The Balaban J connectivity index is -0.000000115. The summed E-state index contributed by atoms with van der Waals surface area (Å²) in [6.45, 7) is 23.2. The summed E-state index contributed by atoms with van der Waals surface area (Å²) < 4.78 is 9.56. The van der Waals surface area contributed by atoms with Crippen LogP contribution in [0.15, 0.2) is 0 Å². The highest BCUT2D eigenvalue weighted by Gasteiger charge is 2.24. The van der Waals surface area contributed by atoms with E-state index in [0.29, 0.717) is 5.41 Å². The van der Waals surface area contributed by atoms with Crippen LogP contribution in [0.5, 0.6) is 0 Å².